The van der Waals surface area contributed by atoms with Crippen LogP contribution in [0.5, 0.6) is 0 Å². The SMILES string of the molecule is Cc1cccc(CN/C=C(/C#N)C(=O)N2CCOCC2)c1. The summed E-state index contributed by atoms with van der Waals surface area (Å²) >= 11 is 0. The van der Waals surface area contributed by atoms with Gasteiger partial charge in [0.15, 0.2) is 0 Å². The second-order valence-electron chi connectivity index (χ2n) is 4.94. The van der Waals surface area contributed by atoms with Crippen LogP contribution < -0.4 is 5.32 Å². The number of morpholine rings is 1. The van der Waals surface area contributed by atoms with Crippen molar-refractivity contribution in [1.29, 1.82) is 5.26 Å². The Kier molecular flexibility index (Phi) is 5.35. The van der Waals surface area contributed by atoms with Crippen LogP contribution in [-0.2, 0) is 16.1 Å². The summed E-state index contributed by atoms with van der Waals surface area (Å²) in [5.74, 6) is -0.238. The number of nitriles is 1. The van der Waals surface area contributed by atoms with Crippen LogP contribution in [0.4, 0.5) is 0 Å². The lowest BCUT2D eigenvalue weighted by molar-refractivity contribution is -0.130. The zero-order valence-electron chi connectivity index (χ0n) is 12.1. The highest BCUT2D eigenvalue weighted by Crippen LogP contribution is 2.06. The van der Waals surface area contributed by atoms with E-state index in [1.165, 1.54) is 11.8 Å². The van der Waals surface area contributed by atoms with Gasteiger partial charge in [0.05, 0.1) is 13.2 Å². The molecule has 1 aromatic carbocycles. The van der Waals surface area contributed by atoms with E-state index in [9.17, 15) is 4.79 Å². The lowest BCUT2D eigenvalue weighted by Gasteiger charge is -2.26. The Morgan fingerprint density at radius 3 is 2.90 bits per heavy atom. The van der Waals surface area contributed by atoms with Gasteiger partial charge in [0, 0.05) is 25.8 Å². The average molecular weight is 285 g/mol. The molecular weight excluding hydrogens is 266 g/mol. The molecule has 1 aromatic rings. The molecule has 0 saturated carbocycles. The van der Waals surface area contributed by atoms with Gasteiger partial charge in [-0.2, -0.15) is 5.26 Å². The lowest BCUT2D eigenvalue weighted by atomic mass is 10.1. The Balaban J connectivity index is 1.94. The van der Waals surface area contributed by atoms with E-state index < -0.39 is 0 Å². The minimum Gasteiger partial charge on any atom is -0.386 e. The van der Waals surface area contributed by atoms with E-state index in [-0.39, 0.29) is 11.5 Å². The van der Waals surface area contributed by atoms with E-state index in [0.717, 1.165) is 5.56 Å². The molecule has 21 heavy (non-hydrogen) atoms. The van der Waals surface area contributed by atoms with E-state index in [1.807, 2.05) is 31.2 Å². The number of hydrogen-bond acceptors (Lipinski definition) is 4. The number of nitrogens with one attached hydrogen (secondary N) is 1. The molecule has 0 aromatic heterocycles. The van der Waals surface area contributed by atoms with Gasteiger partial charge in [-0.25, -0.2) is 0 Å². The zero-order chi connectivity index (χ0) is 15.1. The summed E-state index contributed by atoms with van der Waals surface area (Å²) in [7, 11) is 0. The summed E-state index contributed by atoms with van der Waals surface area (Å²) in [5.41, 5.74) is 2.43. The number of nitrogens with zero attached hydrogens (tertiary/aromatic N) is 2. The van der Waals surface area contributed by atoms with Crippen LogP contribution >= 0.6 is 0 Å². The number of hydrogen-bond donors (Lipinski definition) is 1. The molecule has 1 amide bonds. The average Bonchev–Trinajstić information content (AvgIpc) is 2.52. The van der Waals surface area contributed by atoms with Crippen molar-refractivity contribution in [3.8, 4) is 6.07 Å². The summed E-state index contributed by atoms with van der Waals surface area (Å²) in [5, 5.41) is 12.2. The van der Waals surface area contributed by atoms with E-state index in [0.29, 0.717) is 32.8 Å². The van der Waals surface area contributed by atoms with E-state index in [2.05, 4.69) is 11.4 Å². The van der Waals surface area contributed by atoms with Crippen LogP contribution in [0.15, 0.2) is 36.0 Å². The number of carbonyl (C=O) groups is 1. The summed E-state index contributed by atoms with van der Waals surface area (Å²) in [6, 6.07) is 10.0. The normalized spacial score (nSPS) is 15.4. The summed E-state index contributed by atoms with van der Waals surface area (Å²) in [6.45, 7) is 4.75. The van der Waals surface area contributed by atoms with Crippen molar-refractivity contribution < 1.29 is 9.53 Å². The summed E-state index contributed by atoms with van der Waals surface area (Å²) in [6.07, 6.45) is 1.50. The van der Waals surface area contributed by atoms with Crippen molar-refractivity contribution >= 4 is 5.91 Å². The topological polar surface area (TPSA) is 65.4 Å². The van der Waals surface area contributed by atoms with Crippen molar-refractivity contribution in [1.82, 2.24) is 10.2 Å². The Morgan fingerprint density at radius 1 is 1.48 bits per heavy atom. The lowest BCUT2D eigenvalue weighted by Crippen LogP contribution is -2.41. The van der Waals surface area contributed by atoms with Crippen LogP contribution in [0.25, 0.3) is 0 Å². The summed E-state index contributed by atoms with van der Waals surface area (Å²) < 4.78 is 5.20. The number of ether oxygens (including phenoxy) is 1. The highest BCUT2D eigenvalue weighted by molar-refractivity contribution is 5.97. The largest absolute Gasteiger partial charge is 0.386 e. The smallest absolute Gasteiger partial charge is 0.266 e. The molecule has 1 aliphatic heterocycles. The van der Waals surface area contributed by atoms with E-state index >= 15 is 0 Å². The van der Waals surface area contributed by atoms with Crippen molar-refractivity contribution in [3.05, 3.63) is 47.2 Å². The van der Waals surface area contributed by atoms with Crippen molar-refractivity contribution in [2.24, 2.45) is 0 Å². The highest BCUT2D eigenvalue weighted by atomic mass is 16.5. The molecule has 110 valence electrons. The van der Waals surface area contributed by atoms with Gasteiger partial charge >= 0.3 is 0 Å². The molecule has 1 aliphatic rings. The standard InChI is InChI=1S/C16H19N3O2/c1-13-3-2-4-14(9-13)11-18-12-15(10-17)16(20)19-5-7-21-8-6-19/h2-4,9,12,18H,5-8,11H2,1H3/b15-12-. The highest BCUT2D eigenvalue weighted by Gasteiger charge is 2.20. The monoisotopic (exact) mass is 285 g/mol. The first-order chi connectivity index (χ1) is 10.2. The third-order valence-electron chi connectivity index (χ3n) is 3.28. The predicted octanol–water partition coefficient (Wildman–Crippen LogP) is 1.35. The molecule has 5 heteroatoms. The van der Waals surface area contributed by atoms with E-state index in [4.69, 9.17) is 10.00 Å². The maximum atomic E-state index is 12.2. The van der Waals surface area contributed by atoms with Crippen molar-refractivity contribution in [3.63, 3.8) is 0 Å². The van der Waals surface area contributed by atoms with Crippen LogP contribution in [0.1, 0.15) is 11.1 Å². The first-order valence-corrected chi connectivity index (χ1v) is 6.97. The molecule has 0 spiro atoms. The molecule has 1 N–H and O–H groups in total. The third kappa shape index (κ3) is 4.33. The van der Waals surface area contributed by atoms with E-state index in [1.54, 1.807) is 4.90 Å². The van der Waals surface area contributed by atoms with Gasteiger partial charge in [-0.05, 0) is 12.5 Å². The minimum atomic E-state index is -0.238. The fraction of sp³-hybridized carbons (Fsp3) is 0.375. The third-order valence-corrected chi connectivity index (χ3v) is 3.28. The van der Waals surface area contributed by atoms with Crippen molar-refractivity contribution in [2.45, 2.75) is 13.5 Å². The van der Waals surface area contributed by atoms with Gasteiger partial charge in [0.25, 0.3) is 5.91 Å². The van der Waals surface area contributed by atoms with Gasteiger partial charge in [0.2, 0.25) is 0 Å². The predicted molar refractivity (Wildman–Crippen MR) is 79.1 cm³/mol. The molecule has 0 radical (unpaired) electrons. The maximum Gasteiger partial charge on any atom is 0.266 e. The van der Waals surface area contributed by atoms with Crippen LogP contribution in [-0.4, -0.2) is 37.1 Å². The van der Waals surface area contributed by atoms with Crippen LogP contribution in [0, 0.1) is 18.3 Å². The first-order valence-electron chi connectivity index (χ1n) is 6.97. The van der Waals surface area contributed by atoms with Crippen molar-refractivity contribution in [2.75, 3.05) is 26.3 Å². The second-order valence-corrected chi connectivity index (χ2v) is 4.94. The number of rotatable bonds is 4. The molecular formula is C16H19N3O2. The molecule has 2 rings (SSSR count). The Labute approximate surface area is 124 Å². The van der Waals surface area contributed by atoms with Gasteiger partial charge in [-0.3, -0.25) is 4.79 Å². The molecule has 1 heterocycles. The van der Waals surface area contributed by atoms with Gasteiger partial charge in [0.1, 0.15) is 11.6 Å². The second kappa shape index (κ2) is 7.46. The van der Waals surface area contributed by atoms with Crippen LogP contribution in [0.3, 0.4) is 0 Å². The number of benzene rings is 1. The minimum absolute atomic E-state index is 0.129. The summed E-state index contributed by atoms with van der Waals surface area (Å²) in [4.78, 5) is 13.8. The van der Waals surface area contributed by atoms with Gasteiger partial charge in [-0.1, -0.05) is 29.8 Å². The molecule has 5 nitrogen and oxygen atoms in total. The molecule has 0 bridgehead atoms. The Morgan fingerprint density at radius 2 is 2.24 bits per heavy atom. The first kappa shape index (κ1) is 15.1. The maximum absolute atomic E-state index is 12.2. The molecule has 0 atom stereocenters. The van der Waals surface area contributed by atoms with Gasteiger partial charge in [-0.15, -0.1) is 0 Å². The molecule has 0 unspecified atom stereocenters. The fourth-order valence-electron chi connectivity index (χ4n) is 2.17. The quantitative estimate of drug-likeness (QED) is 0.670. The molecule has 0 aliphatic carbocycles. The van der Waals surface area contributed by atoms with Gasteiger partial charge < -0.3 is 15.0 Å². The Hall–Kier alpha value is -2.32. The zero-order valence-corrected chi connectivity index (χ0v) is 12.1. The number of aryl methyl sites for hydroxylation is 1. The molecule has 1 fully saturated rings. The number of carbonyl (C=O) groups excluding carboxylic acids is 1. The Bertz CT molecular complexity index is 569. The van der Waals surface area contributed by atoms with Crippen LogP contribution in [0.2, 0.25) is 0 Å². The fourth-order valence-corrected chi connectivity index (χ4v) is 2.17. The number of amides is 1. The molecule has 1 saturated heterocycles.